The minimum absolute atomic E-state index is 0.0973. The summed E-state index contributed by atoms with van der Waals surface area (Å²) in [5.74, 6) is 0.661. The molecule has 0 spiro atoms. The lowest BCUT2D eigenvalue weighted by Gasteiger charge is -2.10. The number of hydrogen-bond donors (Lipinski definition) is 2. The number of phenols is 1. The van der Waals surface area contributed by atoms with Crippen molar-refractivity contribution in [3.05, 3.63) is 53.6 Å². The van der Waals surface area contributed by atoms with Gasteiger partial charge in [0.25, 0.3) is 5.91 Å². The Bertz CT molecular complexity index is 741. The number of aromatic hydroxyl groups is 1. The molecule has 23 heavy (non-hydrogen) atoms. The quantitative estimate of drug-likeness (QED) is 0.656. The molecule has 6 nitrogen and oxygen atoms in total. The number of ether oxygens (including phenoxy) is 2. The normalized spacial score (nSPS) is 11.0. The molecule has 0 atom stereocenters. The van der Waals surface area contributed by atoms with E-state index < -0.39 is 5.91 Å². The monoisotopic (exact) mass is 314 g/mol. The second kappa shape index (κ2) is 7.31. The number of methoxy groups -OCH3 is 2. The van der Waals surface area contributed by atoms with Gasteiger partial charge in [0.05, 0.1) is 25.5 Å². The van der Waals surface area contributed by atoms with Gasteiger partial charge in [-0.15, -0.1) is 0 Å². The van der Waals surface area contributed by atoms with Gasteiger partial charge >= 0.3 is 0 Å². The van der Waals surface area contributed by atoms with Crippen LogP contribution in [0.1, 0.15) is 22.8 Å². The zero-order chi connectivity index (χ0) is 16.8. The van der Waals surface area contributed by atoms with Gasteiger partial charge < -0.3 is 14.6 Å². The minimum atomic E-state index is -0.491. The standard InChI is InChI=1S/C17H18N2O4/c1-11(13-9-8-12(22-2)10-16(13)23-3)18-19-17(21)14-6-4-5-7-15(14)20/h4-10,20H,1-3H3,(H,19,21). The molecule has 2 rings (SSSR count). The molecule has 1 amide bonds. The van der Waals surface area contributed by atoms with E-state index in [1.807, 2.05) is 0 Å². The molecule has 0 unspecified atom stereocenters. The number of para-hydroxylation sites is 1. The molecule has 0 radical (unpaired) electrons. The summed E-state index contributed by atoms with van der Waals surface area (Å²) >= 11 is 0. The lowest BCUT2D eigenvalue weighted by Crippen LogP contribution is -2.19. The molecule has 0 aliphatic rings. The Morgan fingerprint density at radius 3 is 2.48 bits per heavy atom. The zero-order valence-electron chi connectivity index (χ0n) is 13.2. The molecular formula is C17H18N2O4. The third kappa shape index (κ3) is 3.79. The zero-order valence-corrected chi connectivity index (χ0v) is 13.2. The lowest BCUT2D eigenvalue weighted by molar-refractivity contribution is 0.0952. The number of nitrogens with one attached hydrogen (secondary N) is 1. The van der Waals surface area contributed by atoms with Crippen molar-refractivity contribution >= 4 is 11.6 Å². The largest absolute Gasteiger partial charge is 0.507 e. The highest BCUT2D eigenvalue weighted by atomic mass is 16.5. The Labute approximate surface area is 134 Å². The van der Waals surface area contributed by atoms with Gasteiger partial charge in [-0.1, -0.05) is 12.1 Å². The highest BCUT2D eigenvalue weighted by Crippen LogP contribution is 2.25. The molecule has 0 aliphatic carbocycles. The first-order chi connectivity index (χ1) is 11.1. The highest BCUT2D eigenvalue weighted by Gasteiger charge is 2.11. The van der Waals surface area contributed by atoms with Crippen molar-refractivity contribution in [3.63, 3.8) is 0 Å². The second-order valence-corrected chi connectivity index (χ2v) is 4.72. The minimum Gasteiger partial charge on any atom is -0.507 e. The lowest BCUT2D eigenvalue weighted by atomic mass is 10.1. The summed E-state index contributed by atoms with van der Waals surface area (Å²) in [6.45, 7) is 1.75. The smallest absolute Gasteiger partial charge is 0.275 e. The van der Waals surface area contributed by atoms with Crippen molar-refractivity contribution in [2.24, 2.45) is 5.10 Å². The van der Waals surface area contributed by atoms with E-state index in [9.17, 15) is 9.90 Å². The van der Waals surface area contributed by atoms with Gasteiger partial charge in [0.15, 0.2) is 0 Å². The van der Waals surface area contributed by atoms with Gasteiger partial charge in [-0.25, -0.2) is 5.43 Å². The predicted octanol–water partition coefficient (Wildman–Crippen LogP) is 2.56. The number of rotatable bonds is 5. The summed E-state index contributed by atoms with van der Waals surface area (Å²) in [4.78, 5) is 12.0. The molecule has 6 heteroatoms. The molecule has 0 fully saturated rings. The van der Waals surface area contributed by atoms with Crippen LogP contribution in [0, 0.1) is 0 Å². The van der Waals surface area contributed by atoms with Crippen molar-refractivity contribution in [1.29, 1.82) is 0 Å². The number of nitrogens with zero attached hydrogens (tertiary/aromatic N) is 1. The summed E-state index contributed by atoms with van der Waals surface area (Å²) in [5.41, 5.74) is 3.87. The summed E-state index contributed by atoms with van der Waals surface area (Å²) in [7, 11) is 3.12. The summed E-state index contributed by atoms with van der Waals surface area (Å²) in [6.07, 6.45) is 0. The van der Waals surface area contributed by atoms with E-state index in [0.29, 0.717) is 17.2 Å². The van der Waals surface area contributed by atoms with E-state index in [1.54, 1.807) is 51.5 Å². The molecule has 2 N–H and O–H groups in total. The maximum Gasteiger partial charge on any atom is 0.275 e. The fraction of sp³-hybridized carbons (Fsp3) is 0.176. The van der Waals surface area contributed by atoms with Gasteiger partial charge in [0.1, 0.15) is 17.2 Å². The van der Waals surface area contributed by atoms with Crippen LogP contribution in [0.4, 0.5) is 0 Å². The SMILES string of the molecule is COc1ccc(C(C)=NNC(=O)c2ccccc2O)c(OC)c1. The molecule has 0 bridgehead atoms. The van der Waals surface area contributed by atoms with E-state index in [2.05, 4.69) is 10.5 Å². The molecule has 0 heterocycles. The van der Waals surface area contributed by atoms with E-state index in [1.165, 1.54) is 12.1 Å². The maximum absolute atomic E-state index is 12.0. The van der Waals surface area contributed by atoms with Crippen molar-refractivity contribution in [1.82, 2.24) is 5.43 Å². The maximum atomic E-state index is 12.0. The Morgan fingerprint density at radius 1 is 1.09 bits per heavy atom. The number of hydrogen-bond acceptors (Lipinski definition) is 5. The molecule has 0 aliphatic heterocycles. The molecule has 2 aromatic carbocycles. The van der Waals surface area contributed by atoms with Gasteiger partial charge in [0.2, 0.25) is 0 Å². The first kappa shape index (κ1) is 16.4. The second-order valence-electron chi connectivity index (χ2n) is 4.72. The van der Waals surface area contributed by atoms with Crippen molar-refractivity contribution < 1.29 is 19.4 Å². The van der Waals surface area contributed by atoms with Gasteiger partial charge in [-0.2, -0.15) is 5.10 Å². The predicted molar refractivity (Wildman–Crippen MR) is 87.3 cm³/mol. The number of amides is 1. The van der Waals surface area contributed by atoms with Crippen LogP contribution in [-0.2, 0) is 0 Å². The molecule has 0 saturated carbocycles. The molecule has 0 saturated heterocycles. The number of carbonyl (C=O) groups is 1. The summed E-state index contributed by atoms with van der Waals surface area (Å²) in [5, 5.41) is 13.7. The van der Waals surface area contributed by atoms with Crippen LogP contribution in [0.15, 0.2) is 47.6 Å². The Hall–Kier alpha value is -3.02. The van der Waals surface area contributed by atoms with Crippen molar-refractivity contribution in [3.8, 4) is 17.2 Å². The Balaban J connectivity index is 2.20. The molecule has 0 aromatic heterocycles. The first-order valence-corrected chi connectivity index (χ1v) is 6.92. The highest BCUT2D eigenvalue weighted by molar-refractivity contribution is 6.03. The number of phenolic OH excluding ortho intramolecular Hbond substituents is 1. The van der Waals surface area contributed by atoms with Crippen LogP contribution in [-0.4, -0.2) is 30.9 Å². The third-order valence-corrected chi connectivity index (χ3v) is 3.27. The molecular weight excluding hydrogens is 296 g/mol. The summed E-state index contributed by atoms with van der Waals surface area (Å²) < 4.78 is 10.4. The van der Waals surface area contributed by atoms with Crippen molar-refractivity contribution in [2.45, 2.75) is 6.92 Å². The summed E-state index contributed by atoms with van der Waals surface area (Å²) in [6, 6.07) is 11.6. The number of benzene rings is 2. The van der Waals surface area contributed by atoms with Gasteiger partial charge in [-0.05, 0) is 31.2 Å². The Kier molecular flexibility index (Phi) is 5.19. The molecule has 2 aromatic rings. The average Bonchev–Trinajstić information content (AvgIpc) is 2.59. The number of hydrazone groups is 1. The van der Waals surface area contributed by atoms with Crippen LogP contribution in [0.2, 0.25) is 0 Å². The van der Waals surface area contributed by atoms with E-state index in [-0.39, 0.29) is 11.3 Å². The topological polar surface area (TPSA) is 80.2 Å². The van der Waals surface area contributed by atoms with Crippen LogP contribution in [0.25, 0.3) is 0 Å². The van der Waals surface area contributed by atoms with E-state index >= 15 is 0 Å². The van der Waals surface area contributed by atoms with Crippen LogP contribution in [0.5, 0.6) is 17.2 Å². The van der Waals surface area contributed by atoms with Crippen molar-refractivity contribution in [2.75, 3.05) is 14.2 Å². The first-order valence-electron chi connectivity index (χ1n) is 6.92. The van der Waals surface area contributed by atoms with Crippen LogP contribution >= 0.6 is 0 Å². The van der Waals surface area contributed by atoms with Crippen LogP contribution in [0.3, 0.4) is 0 Å². The van der Waals surface area contributed by atoms with Crippen LogP contribution < -0.4 is 14.9 Å². The van der Waals surface area contributed by atoms with Gasteiger partial charge in [0, 0.05) is 11.6 Å². The Morgan fingerprint density at radius 2 is 1.83 bits per heavy atom. The third-order valence-electron chi connectivity index (χ3n) is 3.27. The molecule has 120 valence electrons. The fourth-order valence-corrected chi connectivity index (χ4v) is 2.02. The number of carbonyl (C=O) groups excluding carboxylic acids is 1. The van der Waals surface area contributed by atoms with E-state index in [4.69, 9.17) is 9.47 Å². The fourth-order valence-electron chi connectivity index (χ4n) is 2.02. The van der Waals surface area contributed by atoms with E-state index in [0.717, 1.165) is 5.56 Å². The van der Waals surface area contributed by atoms with Gasteiger partial charge in [-0.3, -0.25) is 4.79 Å². The average molecular weight is 314 g/mol.